The minimum Gasteiger partial charge on any atom is -0.501 e. The molecule has 2 nitrogen and oxygen atoms in total. The Kier molecular flexibility index (Phi) is 1.90. The van der Waals surface area contributed by atoms with Crippen molar-refractivity contribution in [2.24, 2.45) is 0 Å². The first-order chi connectivity index (χ1) is 4.25. The molecule has 1 rings (SSSR count). The topological polar surface area (TPSA) is 23.5 Å². The van der Waals surface area contributed by atoms with Crippen molar-refractivity contribution in [2.45, 2.75) is 13.8 Å². The van der Waals surface area contributed by atoms with Crippen LogP contribution in [-0.4, -0.2) is 22.4 Å². The Labute approximate surface area is 59.5 Å². The summed E-state index contributed by atoms with van der Waals surface area (Å²) in [4.78, 5) is 2.14. The maximum Gasteiger partial charge on any atom is 0.171 e. The standard InChI is InChI=1S/C6H11NOS/c1-3-7-4-9-6(8)5(7)2/h8H,3-4H2,1-2H3. The van der Waals surface area contributed by atoms with Gasteiger partial charge in [-0.2, -0.15) is 0 Å². The van der Waals surface area contributed by atoms with Crippen LogP contribution in [0, 0.1) is 0 Å². The van der Waals surface area contributed by atoms with Crippen LogP contribution >= 0.6 is 11.8 Å². The van der Waals surface area contributed by atoms with E-state index in [0.29, 0.717) is 5.09 Å². The van der Waals surface area contributed by atoms with Crippen LogP contribution in [0.3, 0.4) is 0 Å². The zero-order valence-electron chi connectivity index (χ0n) is 5.72. The van der Waals surface area contributed by atoms with Crippen molar-refractivity contribution in [1.29, 1.82) is 0 Å². The maximum absolute atomic E-state index is 9.10. The van der Waals surface area contributed by atoms with Crippen LogP contribution < -0.4 is 0 Å². The van der Waals surface area contributed by atoms with E-state index in [0.717, 1.165) is 18.1 Å². The van der Waals surface area contributed by atoms with Gasteiger partial charge in [-0.05, 0) is 13.8 Å². The highest BCUT2D eigenvalue weighted by atomic mass is 32.2. The quantitative estimate of drug-likeness (QED) is 0.608. The summed E-state index contributed by atoms with van der Waals surface area (Å²) in [5.74, 6) is 0.911. The summed E-state index contributed by atoms with van der Waals surface area (Å²) < 4.78 is 0. The van der Waals surface area contributed by atoms with E-state index in [1.54, 1.807) is 0 Å². The molecule has 1 heterocycles. The molecule has 1 N–H and O–H groups in total. The zero-order valence-corrected chi connectivity index (χ0v) is 6.53. The fraction of sp³-hybridized carbons (Fsp3) is 0.667. The van der Waals surface area contributed by atoms with Crippen LogP contribution in [0.15, 0.2) is 10.8 Å². The summed E-state index contributed by atoms with van der Waals surface area (Å²) in [7, 11) is 0. The normalized spacial score (nSPS) is 19.6. The molecule has 0 fully saturated rings. The molecule has 52 valence electrons. The lowest BCUT2D eigenvalue weighted by atomic mass is 10.5. The Morgan fingerprint density at radius 3 is 2.67 bits per heavy atom. The monoisotopic (exact) mass is 145 g/mol. The minimum atomic E-state index is 0.483. The molecule has 1 aliphatic heterocycles. The van der Waals surface area contributed by atoms with E-state index < -0.39 is 0 Å². The van der Waals surface area contributed by atoms with Gasteiger partial charge in [0.2, 0.25) is 0 Å². The number of rotatable bonds is 1. The van der Waals surface area contributed by atoms with Crippen molar-refractivity contribution >= 4 is 11.8 Å². The molecule has 0 saturated heterocycles. The van der Waals surface area contributed by atoms with E-state index in [9.17, 15) is 0 Å². The van der Waals surface area contributed by atoms with Crippen molar-refractivity contribution in [1.82, 2.24) is 4.90 Å². The van der Waals surface area contributed by atoms with E-state index in [2.05, 4.69) is 11.8 Å². The first-order valence-corrected chi connectivity index (χ1v) is 4.02. The van der Waals surface area contributed by atoms with Crippen LogP contribution in [0.5, 0.6) is 0 Å². The molecule has 0 aromatic rings. The average Bonchev–Trinajstić information content (AvgIpc) is 2.15. The summed E-state index contributed by atoms with van der Waals surface area (Å²) in [6, 6.07) is 0. The van der Waals surface area contributed by atoms with Crippen molar-refractivity contribution in [3.05, 3.63) is 10.8 Å². The fourth-order valence-corrected chi connectivity index (χ4v) is 1.80. The maximum atomic E-state index is 9.10. The number of thioether (sulfide) groups is 1. The van der Waals surface area contributed by atoms with E-state index in [1.165, 1.54) is 11.8 Å². The molecule has 3 heteroatoms. The molecular weight excluding hydrogens is 134 g/mol. The summed E-state index contributed by atoms with van der Waals surface area (Å²) >= 11 is 1.50. The van der Waals surface area contributed by atoms with Gasteiger partial charge in [-0.1, -0.05) is 11.8 Å². The molecule has 0 bridgehead atoms. The molecule has 0 aromatic carbocycles. The number of aliphatic hydroxyl groups excluding tert-OH is 1. The lowest BCUT2D eigenvalue weighted by molar-refractivity contribution is 0.393. The Morgan fingerprint density at radius 2 is 2.44 bits per heavy atom. The van der Waals surface area contributed by atoms with E-state index in [1.807, 2.05) is 6.92 Å². The first kappa shape index (κ1) is 6.81. The minimum absolute atomic E-state index is 0.483. The van der Waals surface area contributed by atoms with Crippen molar-refractivity contribution in [2.75, 3.05) is 12.4 Å². The van der Waals surface area contributed by atoms with Gasteiger partial charge in [0.1, 0.15) is 0 Å². The predicted molar refractivity (Wildman–Crippen MR) is 40.2 cm³/mol. The third-order valence-corrected chi connectivity index (χ3v) is 2.53. The Hall–Kier alpha value is -0.310. The highest BCUT2D eigenvalue weighted by molar-refractivity contribution is 8.03. The van der Waals surface area contributed by atoms with E-state index in [-0.39, 0.29) is 0 Å². The summed E-state index contributed by atoms with van der Waals surface area (Å²) in [5, 5.41) is 9.58. The van der Waals surface area contributed by atoms with Gasteiger partial charge in [-0.25, -0.2) is 0 Å². The van der Waals surface area contributed by atoms with Gasteiger partial charge in [-0.15, -0.1) is 0 Å². The third kappa shape index (κ3) is 1.15. The number of nitrogens with zero attached hydrogens (tertiary/aromatic N) is 1. The largest absolute Gasteiger partial charge is 0.501 e. The van der Waals surface area contributed by atoms with E-state index >= 15 is 0 Å². The molecule has 0 radical (unpaired) electrons. The van der Waals surface area contributed by atoms with Crippen molar-refractivity contribution in [3.63, 3.8) is 0 Å². The molecule has 0 spiro atoms. The second-order valence-corrected chi connectivity index (χ2v) is 2.95. The van der Waals surface area contributed by atoms with Crippen LogP contribution in [0.1, 0.15) is 13.8 Å². The lowest BCUT2D eigenvalue weighted by Gasteiger charge is -2.14. The summed E-state index contributed by atoms with van der Waals surface area (Å²) in [5.41, 5.74) is 1.02. The third-order valence-electron chi connectivity index (χ3n) is 1.52. The van der Waals surface area contributed by atoms with Gasteiger partial charge in [0.05, 0.1) is 11.6 Å². The van der Waals surface area contributed by atoms with Gasteiger partial charge >= 0.3 is 0 Å². The number of aliphatic hydroxyl groups is 1. The predicted octanol–water partition coefficient (Wildman–Crippen LogP) is 1.76. The van der Waals surface area contributed by atoms with Gasteiger partial charge in [-0.3, -0.25) is 0 Å². The zero-order chi connectivity index (χ0) is 6.85. The molecule has 0 aliphatic carbocycles. The average molecular weight is 145 g/mol. The first-order valence-electron chi connectivity index (χ1n) is 3.03. The van der Waals surface area contributed by atoms with Crippen LogP contribution in [0.25, 0.3) is 0 Å². The molecule has 1 aliphatic rings. The smallest absolute Gasteiger partial charge is 0.171 e. The SMILES string of the molecule is CCN1CSC(O)=C1C. The number of hydrogen-bond acceptors (Lipinski definition) is 3. The van der Waals surface area contributed by atoms with Crippen LogP contribution in [-0.2, 0) is 0 Å². The second kappa shape index (κ2) is 2.52. The molecular formula is C6H11NOS. The molecule has 9 heavy (non-hydrogen) atoms. The number of hydrogen-bond donors (Lipinski definition) is 1. The Morgan fingerprint density at radius 1 is 1.78 bits per heavy atom. The van der Waals surface area contributed by atoms with Crippen molar-refractivity contribution in [3.8, 4) is 0 Å². The van der Waals surface area contributed by atoms with Gasteiger partial charge in [0, 0.05) is 6.54 Å². The van der Waals surface area contributed by atoms with E-state index in [4.69, 9.17) is 5.11 Å². The summed E-state index contributed by atoms with van der Waals surface area (Å²) in [6.07, 6.45) is 0. The number of allylic oxidation sites excluding steroid dienone is 1. The molecule has 0 saturated carbocycles. The van der Waals surface area contributed by atoms with Crippen LogP contribution in [0.2, 0.25) is 0 Å². The molecule has 0 aromatic heterocycles. The van der Waals surface area contributed by atoms with Gasteiger partial charge in [0.15, 0.2) is 5.09 Å². The van der Waals surface area contributed by atoms with Gasteiger partial charge < -0.3 is 10.0 Å². The second-order valence-electron chi connectivity index (χ2n) is 2.02. The molecule has 0 atom stereocenters. The fourth-order valence-electron chi connectivity index (χ4n) is 0.804. The van der Waals surface area contributed by atoms with Gasteiger partial charge in [0.25, 0.3) is 0 Å². The molecule has 0 unspecified atom stereocenters. The summed E-state index contributed by atoms with van der Waals surface area (Å²) in [6.45, 7) is 5.02. The molecule has 0 amide bonds. The Balaban J connectivity index is 2.63. The van der Waals surface area contributed by atoms with Crippen molar-refractivity contribution < 1.29 is 5.11 Å². The Bertz CT molecular complexity index is 144. The lowest BCUT2D eigenvalue weighted by Crippen LogP contribution is -2.16. The highest BCUT2D eigenvalue weighted by Crippen LogP contribution is 2.28. The highest BCUT2D eigenvalue weighted by Gasteiger charge is 2.16. The van der Waals surface area contributed by atoms with Crippen LogP contribution in [0.4, 0.5) is 0 Å².